The minimum Gasteiger partial charge on any atom is -0.464 e. The highest BCUT2D eigenvalue weighted by Crippen LogP contribution is 2.01. The number of aromatic nitrogens is 2. The molecule has 0 atom stereocenters. The maximum absolute atomic E-state index is 12.4. The van der Waals surface area contributed by atoms with E-state index in [1.54, 1.807) is 0 Å². The molecule has 0 saturated carbocycles. The Hall–Kier alpha value is -1.39. The van der Waals surface area contributed by atoms with Gasteiger partial charge in [0, 0.05) is 0 Å². The topological polar surface area (TPSA) is 55.0 Å². The third kappa shape index (κ3) is 0.975. The lowest BCUT2D eigenvalue weighted by Crippen LogP contribution is -2.03. The average molecular weight is 144 g/mol. The molecule has 0 bridgehead atoms. The summed E-state index contributed by atoms with van der Waals surface area (Å²) in [5, 5.41) is 5.50. The van der Waals surface area contributed by atoms with Crippen LogP contribution in [0.4, 0.5) is 4.39 Å². The number of H-pyrrole nitrogens is 1. The Balaban J connectivity index is 2.93. The summed E-state index contributed by atoms with van der Waals surface area (Å²) in [6, 6.07) is 0. The minimum absolute atomic E-state index is 0.317. The van der Waals surface area contributed by atoms with Crippen molar-refractivity contribution in [2.75, 3.05) is 7.11 Å². The van der Waals surface area contributed by atoms with Crippen LogP contribution in [0.5, 0.6) is 0 Å². The molecule has 5 heteroatoms. The first-order valence-electron chi connectivity index (χ1n) is 2.53. The molecule has 0 amide bonds. The molecule has 0 unspecified atom stereocenters. The number of rotatable bonds is 1. The second-order valence-corrected chi connectivity index (χ2v) is 1.57. The fourth-order valence-electron chi connectivity index (χ4n) is 0.515. The van der Waals surface area contributed by atoms with Gasteiger partial charge in [-0.15, -0.1) is 0 Å². The van der Waals surface area contributed by atoms with E-state index in [-0.39, 0.29) is 5.69 Å². The van der Waals surface area contributed by atoms with Crippen molar-refractivity contribution in [1.29, 1.82) is 0 Å². The van der Waals surface area contributed by atoms with Crippen LogP contribution in [0.2, 0.25) is 0 Å². The predicted octanol–water partition coefficient (Wildman–Crippen LogP) is 0.335. The van der Waals surface area contributed by atoms with Crippen LogP contribution in [0.3, 0.4) is 0 Å². The minimum atomic E-state index is -0.779. The highest BCUT2D eigenvalue weighted by molar-refractivity contribution is 5.87. The number of ether oxygens (including phenoxy) is 1. The van der Waals surface area contributed by atoms with Gasteiger partial charge in [0.05, 0.1) is 13.3 Å². The number of esters is 1. The molecule has 1 heterocycles. The number of nitrogens with zero attached hydrogens (tertiary/aromatic N) is 1. The molecule has 0 fully saturated rings. The van der Waals surface area contributed by atoms with Crippen molar-refractivity contribution >= 4 is 5.97 Å². The summed E-state index contributed by atoms with van der Waals surface area (Å²) >= 11 is 0. The number of nitrogens with one attached hydrogen (secondary N) is 1. The van der Waals surface area contributed by atoms with Crippen LogP contribution in [0, 0.1) is 5.82 Å². The van der Waals surface area contributed by atoms with Gasteiger partial charge in [-0.2, -0.15) is 5.10 Å². The quantitative estimate of drug-likeness (QED) is 0.578. The van der Waals surface area contributed by atoms with E-state index in [1.165, 1.54) is 0 Å². The van der Waals surface area contributed by atoms with E-state index in [2.05, 4.69) is 14.9 Å². The van der Waals surface area contributed by atoms with Crippen LogP contribution in [-0.2, 0) is 4.74 Å². The van der Waals surface area contributed by atoms with Crippen LogP contribution in [0.1, 0.15) is 10.5 Å². The highest BCUT2D eigenvalue weighted by atomic mass is 19.1. The standard InChI is InChI=1S/C5H5FN2O2/c1-10-5(9)4-3(6)2-7-8-4/h2H,1H3,(H,7,8). The van der Waals surface area contributed by atoms with Gasteiger partial charge in [-0.3, -0.25) is 5.10 Å². The van der Waals surface area contributed by atoms with Crippen LogP contribution in [0.15, 0.2) is 6.20 Å². The Bertz CT molecular complexity index is 246. The van der Waals surface area contributed by atoms with Gasteiger partial charge >= 0.3 is 5.97 Å². The van der Waals surface area contributed by atoms with Gasteiger partial charge in [-0.05, 0) is 0 Å². The van der Waals surface area contributed by atoms with Crippen molar-refractivity contribution in [3.8, 4) is 0 Å². The normalized spacial score (nSPS) is 9.40. The summed E-state index contributed by atoms with van der Waals surface area (Å²) in [5.41, 5.74) is -0.317. The van der Waals surface area contributed by atoms with Crippen molar-refractivity contribution in [3.63, 3.8) is 0 Å². The lowest BCUT2D eigenvalue weighted by atomic mass is 10.4. The Kier molecular flexibility index (Phi) is 1.66. The fraction of sp³-hybridized carbons (Fsp3) is 0.200. The average Bonchev–Trinajstić information content (AvgIpc) is 2.34. The first-order chi connectivity index (χ1) is 4.75. The Morgan fingerprint density at radius 3 is 3.00 bits per heavy atom. The van der Waals surface area contributed by atoms with Gasteiger partial charge < -0.3 is 4.74 Å². The molecule has 0 saturated heterocycles. The molecule has 4 nitrogen and oxygen atoms in total. The summed E-state index contributed by atoms with van der Waals surface area (Å²) in [7, 11) is 1.16. The second kappa shape index (κ2) is 2.47. The zero-order valence-electron chi connectivity index (χ0n) is 5.22. The third-order valence-corrected chi connectivity index (χ3v) is 0.973. The van der Waals surface area contributed by atoms with Crippen LogP contribution in [-0.4, -0.2) is 23.3 Å². The first-order valence-corrected chi connectivity index (χ1v) is 2.53. The lowest BCUT2D eigenvalue weighted by Gasteiger charge is -1.90. The molecule has 0 radical (unpaired) electrons. The van der Waals surface area contributed by atoms with E-state index in [0.717, 1.165) is 13.3 Å². The van der Waals surface area contributed by atoms with Crippen LogP contribution in [0.25, 0.3) is 0 Å². The largest absolute Gasteiger partial charge is 0.464 e. The van der Waals surface area contributed by atoms with Gasteiger partial charge in [0.15, 0.2) is 5.82 Å². The van der Waals surface area contributed by atoms with Crippen molar-refractivity contribution in [3.05, 3.63) is 17.7 Å². The zero-order chi connectivity index (χ0) is 7.56. The maximum Gasteiger partial charge on any atom is 0.361 e. The Labute approximate surface area is 56.0 Å². The van der Waals surface area contributed by atoms with Gasteiger partial charge in [0.25, 0.3) is 0 Å². The summed E-state index contributed by atoms with van der Waals surface area (Å²) < 4.78 is 16.6. The van der Waals surface area contributed by atoms with Gasteiger partial charge in [-0.1, -0.05) is 0 Å². The molecule has 0 spiro atoms. The number of carbonyl (C=O) groups is 1. The summed E-state index contributed by atoms with van der Waals surface area (Å²) in [5.74, 6) is -1.48. The number of methoxy groups -OCH3 is 1. The smallest absolute Gasteiger partial charge is 0.361 e. The summed E-state index contributed by atoms with van der Waals surface area (Å²) in [6.07, 6.45) is 0.978. The zero-order valence-corrected chi connectivity index (χ0v) is 5.22. The second-order valence-electron chi connectivity index (χ2n) is 1.57. The van der Waals surface area contributed by atoms with E-state index in [1.807, 2.05) is 0 Å². The molecule has 1 N–H and O–H groups in total. The highest BCUT2D eigenvalue weighted by Gasteiger charge is 2.13. The molecule has 0 aromatic carbocycles. The van der Waals surface area contributed by atoms with Crippen molar-refractivity contribution in [2.24, 2.45) is 0 Å². The fourth-order valence-corrected chi connectivity index (χ4v) is 0.515. The van der Waals surface area contributed by atoms with Crippen LogP contribution >= 0.6 is 0 Å². The van der Waals surface area contributed by atoms with Crippen LogP contribution < -0.4 is 0 Å². The Morgan fingerprint density at radius 2 is 2.60 bits per heavy atom. The molecule has 1 rings (SSSR count). The number of hydrogen-bond acceptors (Lipinski definition) is 3. The summed E-state index contributed by atoms with van der Waals surface area (Å²) in [4.78, 5) is 10.6. The SMILES string of the molecule is COC(=O)c1n[nH]cc1F. The van der Waals surface area contributed by atoms with E-state index in [4.69, 9.17) is 0 Å². The third-order valence-electron chi connectivity index (χ3n) is 0.973. The van der Waals surface area contributed by atoms with Gasteiger partial charge in [0.2, 0.25) is 5.69 Å². The van der Waals surface area contributed by atoms with Gasteiger partial charge in [-0.25, -0.2) is 9.18 Å². The molecule has 10 heavy (non-hydrogen) atoms. The molecule has 0 aliphatic rings. The molecule has 1 aromatic heterocycles. The van der Waals surface area contributed by atoms with E-state index < -0.39 is 11.8 Å². The van der Waals surface area contributed by atoms with E-state index in [0.29, 0.717) is 0 Å². The Morgan fingerprint density at radius 1 is 1.90 bits per heavy atom. The molecule has 0 aliphatic heterocycles. The van der Waals surface area contributed by atoms with E-state index in [9.17, 15) is 9.18 Å². The molecule has 54 valence electrons. The monoisotopic (exact) mass is 144 g/mol. The van der Waals surface area contributed by atoms with Gasteiger partial charge in [0.1, 0.15) is 0 Å². The number of hydrogen-bond donors (Lipinski definition) is 1. The molecule has 0 aliphatic carbocycles. The summed E-state index contributed by atoms with van der Waals surface area (Å²) in [6.45, 7) is 0. The van der Waals surface area contributed by atoms with Crippen molar-refractivity contribution < 1.29 is 13.9 Å². The molecular formula is C5H5FN2O2. The number of halogens is 1. The first kappa shape index (κ1) is 6.73. The molecule has 1 aromatic rings. The van der Waals surface area contributed by atoms with Crippen molar-refractivity contribution in [1.82, 2.24) is 10.2 Å². The lowest BCUT2D eigenvalue weighted by molar-refractivity contribution is 0.0589. The number of aromatic amines is 1. The number of carbonyl (C=O) groups excluding carboxylic acids is 1. The van der Waals surface area contributed by atoms with Crippen molar-refractivity contribution in [2.45, 2.75) is 0 Å². The maximum atomic E-state index is 12.4. The van der Waals surface area contributed by atoms with E-state index >= 15 is 0 Å². The molecular weight excluding hydrogens is 139 g/mol. The predicted molar refractivity (Wildman–Crippen MR) is 29.9 cm³/mol.